The van der Waals surface area contributed by atoms with Crippen molar-refractivity contribution >= 4 is 40.5 Å². The molecule has 5 rings (SSSR count). The molecule has 3 heterocycles. The fraction of sp³-hybridized carbons (Fsp3) is 0.333. The topological polar surface area (TPSA) is 40.6 Å². The largest absolute Gasteiger partial charge is 0.299 e. The van der Waals surface area contributed by atoms with Gasteiger partial charge >= 0.3 is 0 Å². The van der Waals surface area contributed by atoms with Crippen LogP contribution in [0.4, 0.5) is 15.8 Å². The number of allylic oxidation sites excluding steroid dienone is 1. The van der Waals surface area contributed by atoms with Crippen molar-refractivity contribution in [3.05, 3.63) is 65.0 Å². The first-order chi connectivity index (χ1) is 14.1. The second-order valence-corrected chi connectivity index (χ2v) is 10.4. The summed E-state index contributed by atoms with van der Waals surface area (Å²) >= 11 is 1.38. The maximum atomic E-state index is 14.2. The average Bonchev–Trinajstić information content (AvgIpc) is 3.07. The predicted octanol–water partition coefficient (Wildman–Crippen LogP) is 5.00. The Balaban J connectivity index is 1.84. The molecule has 2 aromatic carbocycles. The summed E-state index contributed by atoms with van der Waals surface area (Å²) in [6.07, 6.45) is 2.11. The van der Waals surface area contributed by atoms with Crippen molar-refractivity contribution < 1.29 is 14.0 Å². The van der Waals surface area contributed by atoms with E-state index in [2.05, 4.69) is 19.1 Å². The lowest BCUT2D eigenvalue weighted by Crippen LogP contribution is -2.55. The number of benzene rings is 2. The summed E-state index contributed by atoms with van der Waals surface area (Å²) in [5, 5.41) is -0.395. The molecule has 0 N–H and O–H groups in total. The maximum absolute atomic E-state index is 14.2. The van der Waals surface area contributed by atoms with E-state index in [9.17, 15) is 14.0 Å². The quantitative estimate of drug-likeness (QED) is 0.650. The lowest BCUT2D eigenvalue weighted by atomic mass is 9.88. The number of carbonyl (C=O) groups is 2. The van der Waals surface area contributed by atoms with Crippen molar-refractivity contribution in [3.63, 3.8) is 0 Å². The van der Waals surface area contributed by atoms with Crippen molar-refractivity contribution in [2.75, 3.05) is 9.80 Å². The number of amides is 2. The van der Waals surface area contributed by atoms with E-state index in [1.165, 1.54) is 23.9 Å². The van der Waals surface area contributed by atoms with Crippen LogP contribution in [0.1, 0.15) is 44.4 Å². The number of aryl methyl sites for hydroxylation is 1. The van der Waals surface area contributed by atoms with E-state index in [-0.39, 0.29) is 17.6 Å². The summed E-state index contributed by atoms with van der Waals surface area (Å²) in [5.74, 6) is -0.639. The van der Waals surface area contributed by atoms with E-state index in [0.29, 0.717) is 5.69 Å². The maximum Gasteiger partial charge on any atom is 0.269 e. The average molecular weight is 423 g/mol. The molecule has 4 nitrogen and oxygen atoms in total. The number of hydrogen-bond donors (Lipinski definition) is 0. The van der Waals surface area contributed by atoms with Crippen molar-refractivity contribution in [1.82, 2.24) is 0 Å². The van der Waals surface area contributed by atoms with E-state index in [0.717, 1.165) is 28.0 Å². The summed E-state index contributed by atoms with van der Waals surface area (Å²) in [5.41, 5.74) is 4.93. The Morgan fingerprint density at radius 2 is 1.70 bits per heavy atom. The normalized spacial score (nSPS) is 26.5. The lowest BCUT2D eigenvalue weighted by Gasteiger charge is -2.40. The third-order valence-electron chi connectivity index (χ3n) is 6.22. The summed E-state index contributed by atoms with van der Waals surface area (Å²) < 4.78 is 13.6. The molecule has 6 heteroatoms. The minimum atomic E-state index is -1.19. The van der Waals surface area contributed by atoms with Gasteiger partial charge in [0.25, 0.3) is 5.91 Å². The number of thioether (sulfide) groups is 1. The van der Waals surface area contributed by atoms with Crippen molar-refractivity contribution in [1.29, 1.82) is 0 Å². The highest BCUT2D eigenvalue weighted by Crippen LogP contribution is 2.61. The van der Waals surface area contributed by atoms with Crippen LogP contribution in [-0.4, -0.2) is 22.6 Å². The van der Waals surface area contributed by atoms with Crippen LogP contribution in [0, 0.1) is 12.7 Å². The van der Waals surface area contributed by atoms with Gasteiger partial charge in [0.1, 0.15) is 5.82 Å². The van der Waals surface area contributed by atoms with Crippen molar-refractivity contribution in [2.45, 2.75) is 50.3 Å². The Labute approximate surface area is 179 Å². The first-order valence-electron chi connectivity index (χ1n) is 10.0. The van der Waals surface area contributed by atoms with Crippen LogP contribution in [0.3, 0.4) is 0 Å². The lowest BCUT2D eigenvalue weighted by molar-refractivity contribution is -0.124. The summed E-state index contributed by atoms with van der Waals surface area (Å²) in [4.78, 5) is 29.8. The molecular weight excluding hydrogens is 399 g/mol. The van der Waals surface area contributed by atoms with Crippen LogP contribution >= 0.6 is 11.8 Å². The number of carbonyl (C=O) groups excluding carboxylic acids is 2. The third kappa shape index (κ3) is 2.28. The number of fused-ring (bicyclic) bond motifs is 1. The Morgan fingerprint density at radius 1 is 1.03 bits per heavy atom. The number of halogens is 1. The van der Waals surface area contributed by atoms with Gasteiger partial charge in [-0.2, -0.15) is 0 Å². The van der Waals surface area contributed by atoms with Gasteiger partial charge < -0.3 is 0 Å². The molecule has 1 fully saturated rings. The molecule has 2 atom stereocenters. The molecule has 0 saturated carbocycles. The molecular formula is C24H23FN2O2S. The fourth-order valence-electron chi connectivity index (χ4n) is 5.09. The Morgan fingerprint density at radius 3 is 2.37 bits per heavy atom. The second-order valence-electron chi connectivity index (χ2n) is 8.88. The zero-order valence-corrected chi connectivity index (χ0v) is 18.4. The first kappa shape index (κ1) is 19.4. The van der Waals surface area contributed by atoms with Gasteiger partial charge in [-0.25, -0.2) is 4.39 Å². The number of rotatable bonds is 1. The highest BCUT2D eigenvalue weighted by atomic mass is 32.2. The van der Waals surface area contributed by atoms with Crippen molar-refractivity contribution in [3.8, 4) is 0 Å². The van der Waals surface area contributed by atoms with Gasteiger partial charge in [0.15, 0.2) is 0 Å². The van der Waals surface area contributed by atoms with Crippen LogP contribution in [0.15, 0.2) is 42.5 Å². The molecule has 0 radical (unpaired) electrons. The van der Waals surface area contributed by atoms with Gasteiger partial charge in [-0.05, 0) is 76.1 Å². The van der Waals surface area contributed by atoms with E-state index >= 15 is 0 Å². The molecule has 0 unspecified atom stereocenters. The number of hydrogen-bond acceptors (Lipinski definition) is 3. The molecule has 2 amide bonds. The van der Waals surface area contributed by atoms with Crippen LogP contribution in [0.2, 0.25) is 0 Å². The van der Waals surface area contributed by atoms with Crippen LogP contribution < -0.4 is 9.80 Å². The standard InChI is InChI=1S/C24H23FN2O2S/c1-13-10-18-14(2)12-23(4,5)27-20(18)19(11-13)24(22(27)29)26(21(28)15(3)30-24)17-8-6-16(25)7-9-17/h6-12,15H,1-5H3/t15-,24+/m1/s1. The fourth-order valence-corrected chi connectivity index (χ4v) is 6.59. The molecule has 2 aromatic rings. The van der Waals surface area contributed by atoms with E-state index in [1.54, 1.807) is 17.0 Å². The van der Waals surface area contributed by atoms with Gasteiger partial charge in [0, 0.05) is 16.8 Å². The Bertz CT molecular complexity index is 1150. The minimum absolute atomic E-state index is 0.120. The molecule has 154 valence electrons. The van der Waals surface area contributed by atoms with Crippen LogP contribution in [0.25, 0.3) is 5.57 Å². The summed E-state index contributed by atoms with van der Waals surface area (Å²) in [6, 6.07) is 9.95. The van der Waals surface area contributed by atoms with Gasteiger partial charge in [-0.3, -0.25) is 19.4 Å². The molecule has 1 saturated heterocycles. The molecule has 0 aromatic heterocycles. The van der Waals surface area contributed by atoms with Crippen molar-refractivity contribution in [2.24, 2.45) is 0 Å². The van der Waals surface area contributed by atoms with Gasteiger partial charge in [0.05, 0.1) is 16.5 Å². The molecule has 0 bridgehead atoms. The third-order valence-corrected chi connectivity index (χ3v) is 7.70. The highest BCUT2D eigenvalue weighted by molar-refractivity contribution is 8.03. The zero-order valence-electron chi connectivity index (χ0n) is 17.6. The monoisotopic (exact) mass is 422 g/mol. The van der Waals surface area contributed by atoms with Crippen LogP contribution in [-0.2, 0) is 14.5 Å². The SMILES string of the molecule is CC1=CC(C)(C)N2C(=O)[C@@]3(S[C@H](C)C(=O)N3c3ccc(F)cc3)c3cc(C)cc1c32. The van der Waals surface area contributed by atoms with Crippen LogP contribution in [0.5, 0.6) is 0 Å². The molecule has 30 heavy (non-hydrogen) atoms. The first-order valence-corrected chi connectivity index (χ1v) is 10.9. The second kappa shape index (κ2) is 5.97. The summed E-state index contributed by atoms with van der Waals surface area (Å²) in [7, 11) is 0. The molecule has 3 aliphatic rings. The Hall–Kier alpha value is -2.60. The van der Waals surface area contributed by atoms with Gasteiger partial charge in [-0.1, -0.05) is 12.1 Å². The van der Waals surface area contributed by atoms with Gasteiger partial charge in [0.2, 0.25) is 10.8 Å². The van der Waals surface area contributed by atoms with E-state index in [1.807, 2.05) is 38.7 Å². The zero-order chi connectivity index (χ0) is 21.6. The molecule has 1 spiro atoms. The highest BCUT2D eigenvalue weighted by Gasteiger charge is 2.65. The molecule has 0 aliphatic carbocycles. The Kier molecular flexibility index (Phi) is 3.86. The minimum Gasteiger partial charge on any atom is -0.299 e. The number of nitrogens with zero attached hydrogens (tertiary/aromatic N) is 2. The predicted molar refractivity (Wildman–Crippen MR) is 119 cm³/mol. The molecule has 3 aliphatic heterocycles. The summed E-state index contributed by atoms with van der Waals surface area (Å²) in [6.45, 7) is 9.95. The van der Waals surface area contributed by atoms with E-state index < -0.39 is 15.7 Å². The number of anilines is 2. The van der Waals surface area contributed by atoms with E-state index in [4.69, 9.17) is 0 Å². The smallest absolute Gasteiger partial charge is 0.269 e. The van der Waals surface area contributed by atoms with Gasteiger partial charge in [-0.15, -0.1) is 11.8 Å².